The first-order valence-electron chi connectivity index (χ1n) is 14.5. The lowest BCUT2D eigenvalue weighted by atomic mass is 10.0. The number of aryl methyl sites for hydroxylation is 2. The van der Waals surface area contributed by atoms with Gasteiger partial charge in [-0.25, -0.2) is 14.5 Å². The molecule has 1 aliphatic rings. The zero-order chi connectivity index (χ0) is 32.0. The van der Waals surface area contributed by atoms with Gasteiger partial charge in [-0.3, -0.25) is 0 Å². The first-order valence-corrected chi connectivity index (χ1v) is 15.5. The third-order valence-electron chi connectivity index (χ3n) is 6.92. The van der Waals surface area contributed by atoms with Gasteiger partial charge in [0.1, 0.15) is 12.1 Å². The average molecular weight is 635 g/mol. The molecule has 4 aromatic rings. The Morgan fingerprint density at radius 1 is 1.11 bits per heavy atom. The maximum atomic E-state index is 12.9. The molecular formula is C33H33F3N6O2S. The SMILES string of the molecule is CCCc1ccc(C)cc1N1CCCSC1=NC(=O)N/C(C)=C/c1ccc(-c2ncn(-c3ccc(OC(F)(F)F)cc3)n2)cc1. The van der Waals surface area contributed by atoms with Crippen LogP contribution in [0.4, 0.5) is 23.7 Å². The highest BCUT2D eigenvalue weighted by atomic mass is 32.2. The molecule has 0 unspecified atom stereocenters. The smallest absolute Gasteiger partial charge is 0.406 e. The van der Waals surface area contributed by atoms with Crippen LogP contribution in [0.1, 0.15) is 43.4 Å². The molecule has 0 bridgehead atoms. The summed E-state index contributed by atoms with van der Waals surface area (Å²) in [6.45, 7) is 6.87. The summed E-state index contributed by atoms with van der Waals surface area (Å²) in [7, 11) is 0. The molecule has 5 rings (SSSR count). The number of nitrogens with zero attached hydrogens (tertiary/aromatic N) is 5. The largest absolute Gasteiger partial charge is 0.573 e. The Morgan fingerprint density at radius 2 is 1.87 bits per heavy atom. The highest BCUT2D eigenvalue weighted by Gasteiger charge is 2.31. The van der Waals surface area contributed by atoms with Gasteiger partial charge in [-0.15, -0.1) is 18.3 Å². The standard InChI is InChI=1S/C33H33F3N6O2S/c1-4-6-25-10-7-22(2)19-29(25)41-17-5-18-45-32(41)39-31(43)38-23(3)20-24-8-11-26(12-9-24)30-37-21-42(40-30)27-13-15-28(16-14-27)44-33(34,35)36/h7-16,19-21H,4-6,17-18H2,1-3H3,(H,38,43)/b23-20+,39-32?. The van der Waals surface area contributed by atoms with Gasteiger partial charge in [0.05, 0.1) is 5.69 Å². The normalized spacial score (nSPS) is 14.9. The second kappa shape index (κ2) is 14.0. The molecule has 1 aliphatic heterocycles. The van der Waals surface area contributed by atoms with Gasteiger partial charge in [-0.2, -0.15) is 4.99 Å². The van der Waals surface area contributed by atoms with Crippen molar-refractivity contribution in [1.29, 1.82) is 0 Å². The molecule has 0 spiro atoms. The molecule has 1 fully saturated rings. The van der Waals surface area contributed by atoms with E-state index >= 15 is 0 Å². The molecule has 45 heavy (non-hydrogen) atoms. The van der Waals surface area contributed by atoms with Crippen molar-refractivity contribution < 1.29 is 22.7 Å². The molecule has 1 saturated heterocycles. The number of benzene rings is 3. The summed E-state index contributed by atoms with van der Waals surface area (Å²) < 4.78 is 42.7. The lowest BCUT2D eigenvalue weighted by Gasteiger charge is -2.31. The Morgan fingerprint density at radius 3 is 2.58 bits per heavy atom. The average Bonchev–Trinajstić information content (AvgIpc) is 3.49. The summed E-state index contributed by atoms with van der Waals surface area (Å²) in [5.41, 5.74) is 6.35. The molecule has 0 atom stereocenters. The molecular weight excluding hydrogens is 601 g/mol. The number of thioether (sulfide) groups is 1. The number of aliphatic imine (C=N–C) groups is 1. The van der Waals surface area contributed by atoms with Gasteiger partial charge in [0.15, 0.2) is 11.0 Å². The lowest BCUT2D eigenvalue weighted by molar-refractivity contribution is -0.274. The van der Waals surface area contributed by atoms with Gasteiger partial charge in [-0.05, 0) is 79.8 Å². The van der Waals surface area contributed by atoms with Crippen LogP contribution in [0.2, 0.25) is 0 Å². The number of amides is 2. The molecule has 234 valence electrons. The minimum Gasteiger partial charge on any atom is -0.406 e. The topological polar surface area (TPSA) is 84.6 Å². The summed E-state index contributed by atoms with van der Waals surface area (Å²) in [6, 6.07) is 18.9. The summed E-state index contributed by atoms with van der Waals surface area (Å²) in [6.07, 6.45) is 1.61. The highest BCUT2D eigenvalue weighted by Crippen LogP contribution is 2.30. The maximum absolute atomic E-state index is 12.9. The van der Waals surface area contributed by atoms with Crippen LogP contribution in [0.5, 0.6) is 5.75 Å². The van der Waals surface area contributed by atoms with Crippen LogP contribution in [0.15, 0.2) is 83.7 Å². The van der Waals surface area contributed by atoms with E-state index in [4.69, 9.17) is 0 Å². The third-order valence-corrected chi connectivity index (χ3v) is 7.98. The van der Waals surface area contributed by atoms with Crippen LogP contribution < -0.4 is 15.0 Å². The highest BCUT2D eigenvalue weighted by molar-refractivity contribution is 8.14. The zero-order valence-corrected chi connectivity index (χ0v) is 26.0. The summed E-state index contributed by atoms with van der Waals surface area (Å²) in [4.78, 5) is 23.9. The van der Waals surface area contributed by atoms with Crippen molar-refractivity contribution in [1.82, 2.24) is 20.1 Å². The molecule has 1 N–H and O–H groups in total. The summed E-state index contributed by atoms with van der Waals surface area (Å²) in [5.74, 6) is 1.05. The van der Waals surface area contributed by atoms with Crippen molar-refractivity contribution in [2.45, 2.75) is 46.4 Å². The first-order chi connectivity index (χ1) is 21.6. The van der Waals surface area contributed by atoms with Gasteiger partial charge in [0.2, 0.25) is 0 Å². The number of nitrogens with one attached hydrogen (secondary N) is 1. The number of carbonyl (C=O) groups is 1. The van der Waals surface area contributed by atoms with E-state index in [0.717, 1.165) is 48.4 Å². The maximum Gasteiger partial charge on any atom is 0.573 e. The zero-order valence-electron chi connectivity index (χ0n) is 25.1. The number of aromatic nitrogens is 3. The lowest BCUT2D eigenvalue weighted by Crippen LogP contribution is -2.36. The van der Waals surface area contributed by atoms with Crippen LogP contribution in [0.25, 0.3) is 23.2 Å². The van der Waals surface area contributed by atoms with E-state index in [9.17, 15) is 18.0 Å². The van der Waals surface area contributed by atoms with E-state index in [-0.39, 0.29) is 5.75 Å². The van der Waals surface area contributed by atoms with Crippen molar-refractivity contribution in [3.05, 3.63) is 95.4 Å². The number of rotatable bonds is 8. The number of halogens is 3. The minimum atomic E-state index is -4.75. The Labute approximate surface area is 264 Å². The second-order valence-electron chi connectivity index (χ2n) is 10.6. The fourth-order valence-electron chi connectivity index (χ4n) is 4.90. The quantitative estimate of drug-likeness (QED) is 0.211. The van der Waals surface area contributed by atoms with Crippen LogP contribution in [0, 0.1) is 6.92 Å². The van der Waals surface area contributed by atoms with Crippen LogP contribution in [0.3, 0.4) is 0 Å². The first kappa shape index (κ1) is 31.8. The Balaban J connectivity index is 1.24. The molecule has 0 saturated carbocycles. The van der Waals surface area contributed by atoms with Crippen LogP contribution >= 0.6 is 11.8 Å². The number of amidine groups is 1. The van der Waals surface area contributed by atoms with E-state index in [0.29, 0.717) is 22.4 Å². The minimum absolute atomic E-state index is 0.313. The molecule has 2 amide bonds. The van der Waals surface area contributed by atoms with Crippen molar-refractivity contribution in [2.24, 2.45) is 4.99 Å². The second-order valence-corrected chi connectivity index (χ2v) is 11.6. The van der Waals surface area contributed by atoms with Gasteiger partial charge >= 0.3 is 12.4 Å². The number of anilines is 1. The van der Waals surface area contributed by atoms with Gasteiger partial charge < -0.3 is 15.0 Å². The number of urea groups is 1. The Hall–Kier alpha value is -4.58. The van der Waals surface area contributed by atoms with Crippen LogP contribution in [-0.2, 0) is 6.42 Å². The number of carbonyl (C=O) groups excluding carboxylic acids is 1. The number of alkyl halides is 3. The Bertz CT molecular complexity index is 1700. The fourth-order valence-corrected chi connectivity index (χ4v) is 5.85. The van der Waals surface area contributed by atoms with E-state index in [1.165, 1.54) is 46.4 Å². The van der Waals surface area contributed by atoms with Crippen molar-refractivity contribution in [3.63, 3.8) is 0 Å². The monoisotopic (exact) mass is 634 g/mol. The molecule has 3 aromatic carbocycles. The molecule has 8 nitrogen and oxygen atoms in total. The van der Waals surface area contributed by atoms with Gasteiger partial charge in [-0.1, -0.05) is 61.5 Å². The van der Waals surface area contributed by atoms with Crippen LogP contribution in [-0.4, -0.2) is 44.6 Å². The summed E-state index contributed by atoms with van der Waals surface area (Å²) >= 11 is 1.60. The van der Waals surface area contributed by atoms with E-state index in [1.807, 2.05) is 37.3 Å². The van der Waals surface area contributed by atoms with Gasteiger partial charge in [0.25, 0.3) is 0 Å². The molecule has 0 radical (unpaired) electrons. The fraction of sp³-hybridized carbons (Fsp3) is 0.273. The molecule has 0 aliphatic carbocycles. The number of hydrogen-bond donors (Lipinski definition) is 1. The van der Waals surface area contributed by atoms with Crippen molar-refractivity contribution in [3.8, 4) is 22.8 Å². The molecule has 12 heteroatoms. The number of allylic oxidation sites excluding steroid dienone is 1. The summed E-state index contributed by atoms with van der Waals surface area (Å²) in [5, 5.41) is 8.02. The van der Waals surface area contributed by atoms with Crippen molar-refractivity contribution >= 4 is 34.7 Å². The molecule has 1 aromatic heterocycles. The predicted octanol–water partition coefficient (Wildman–Crippen LogP) is 8.16. The number of hydrogen-bond acceptors (Lipinski definition) is 5. The van der Waals surface area contributed by atoms with E-state index in [2.05, 4.69) is 62.1 Å². The van der Waals surface area contributed by atoms with E-state index in [1.54, 1.807) is 11.8 Å². The van der Waals surface area contributed by atoms with E-state index < -0.39 is 12.4 Å². The van der Waals surface area contributed by atoms with Crippen molar-refractivity contribution in [2.75, 3.05) is 17.2 Å². The predicted molar refractivity (Wildman–Crippen MR) is 173 cm³/mol. The van der Waals surface area contributed by atoms with Gasteiger partial charge in [0, 0.05) is 29.2 Å². The number of ether oxygens (including phenoxy) is 1. The Kier molecular flexibility index (Phi) is 9.92. The molecule has 2 heterocycles. The third kappa shape index (κ3) is 8.53.